The van der Waals surface area contributed by atoms with Crippen molar-refractivity contribution in [3.8, 4) is 0 Å². The smallest absolute Gasteiger partial charge is 0.224 e. The molecule has 1 rings (SSSR count). The highest BCUT2D eigenvalue weighted by Crippen LogP contribution is 2.05. The third kappa shape index (κ3) is 3.51. The minimum atomic E-state index is -0.109. The first-order valence-electron chi connectivity index (χ1n) is 5.44. The van der Waals surface area contributed by atoms with Crippen LogP contribution >= 0.6 is 0 Å². The zero-order valence-corrected chi connectivity index (χ0v) is 9.08. The van der Waals surface area contributed by atoms with Crippen LogP contribution in [0.5, 0.6) is 0 Å². The van der Waals surface area contributed by atoms with Crippen molar-refractivity contribution in [3.63, 3.8) is 0 Å². The quantitative estimate of drug-likeness (QED) is 0.581. The predicted molar refractivity (Wildman–Crippen MR) is 57.0 cm³/mol. The molecule has 1 aliphatic rings. The van der Waals surface area contributed by atoms with E-state index < -0.39 is 0 Å². The lowest BCUT2D eigenvalue weighted by atomic mass is 10.0. The maximum Gasteiger partial charge on any atom is 0.224 e. The Morgan fingerprint density at radius 2 is 2.47 bits per heavy atom. The van der Waals surface area contributed by atoms with E-state index in [4.69, 9.17) is 5.73 Å². The largest absolute Gasteiger partial charge is 0.354 e. The van der Waals surface area contributed by atoms with Crippen LogP contribution in [0.25, 0.3) is 0 Å². The van der Waals surface area contributed by atoms with Crippen molar-refractivity contribution in [3.05, 3.63) is 0 Å². The van der Waals surface area contributed by atoms with Gasteiger partial charge in [-0.25, -0.2) is 0 Å². The Morgan fingerprint density at radius 3 is 2.93 bits per heavy atom. The number of hydrogen-bond acceptors (Lipinski definition) is 3. The highest BCUT2D eigenvalue weighted by Gasteiger charge is 2.22. The molecular weight excluding hydrogens is 194 g/mol. The van der Waals surface area contributed by atoms with E-state index in [1.54, 1.807) is 0 Å². The molecule has 0 saturated carbocycles. The fourth-order valence-electron chi connectivity index (χ4n) is 1.63. The van der Waals surface area contributed by atoms with E-state index in [0.29, 0.717) is 19.5 Å². The van der Waals surface area contributed by atoms with Gasteiger partial charge in [-0.05, 0) is 12.8 Å². The second-order valence-corrected chi connectivity index (χ2v) is 3.89. The zero-order chi connectivity index (χ0) is 11.3. The predicted octanol–water partition coefficient (Wildman–Crippen LogP) is -0.634. The lowest BCUT2D eigenvalue weighted by Gasteiger charge is -2.25. The monoisotopic (exact) mass is 213 g/mol. The molecule has 0 spiro atoms. The number of hydrogen-bond donors (Lipinski definition) is 3. The maximum absolute atomic E-state index is 11.7. The second kappa shape index (κ2) is 5.70. The van der Waals surface area contributed by atoms with E-state index in [0.717, 1.165) is 12.8 Å². The van der Waals surface area contributed by atoms with Crippen LogP contribution in [-0.4, -0.2) is 30.9 Å². The molecular formula is C10H19N3O2. The molecule has 0 bridgehead atoms. The van der Waals surface area contributed by atoms with E-state index in [2.05, 4.69) is 10.6 Å². The van der Waals surface area contributed by atoms with Crippen molar-refractivity contribution >= 4 is 11.8 Å². The molecule has 86 valence electrons. The zero-order valence-electron chi connectivity index (χ0n) is 9.08. The fraction of sp³-hybridized carbons (Fsp3) is 0.800. The molecule has 15 heavy (non-hydrogen) atoms. The summed E-state index contributed by atoms with van der Waals surface area (Å²) in [5.41, 5.74) is 5.48. The van der Waals surface area contributed by atoms with Crippen LogP contribution in [0.15, 0.2) is 0 Å². The highest BCUT2D eigenvalue weighted by atomic mass is 16.2. The molecule has 0 aromatic carbocycles. The number of amides is 2. The summed E-state index contributed by atoms with van der Waals surface area (Å²) in [4.78, 5) is 22.5. The molecule has 0 aliphatic carbocycles. The van der Waals surface area contributed by atoms with Gasteiger partial charge in [-0.15, -0.1) is 0 Å². The number of nitrogens with one attached hydrogen (secondary N) is 2. The SMILES string of the molecule is CCC(CN)C(=O)NC1CCC(=O)NC1. The van der Waals surface area contributed by atoms with Crippen LogP contribution in [0.2, 0.25) is 0 Å². The van der Waals surface area contributed by atoms with Gasteiger partial charge in [0.2, 0.25) is 11.8 Å². The Kier molecular flexibility index (Phi) is 4.55. The van der Waals surface area contributed by atoms with Gasteiger partial charge in [0.1, 0.15) is 0 Å². The molecule has 2 unspecified atom stereocenters. The normalized spacial score (nSPS) is 23.1. The number of carbonyl (C=O) groups excluding carboxylic acids is 2. The second-order valence-electron chi connectivity index (χ2n) is 3.89. The van der Waals surface area contributed by atoms with E-state index >= 15 is 0 Å². The van der Waals surface area contributed by atoms with Crippen molar-refractivity contribution in [2.75, 3.05) is 13.1 Å². The average molecular weight is 213 g/mol. The van der Waals surface area contributed by atoms with Gasteiger partial charge in [0, 0.05) is 31.5 Å². The molecule has 0 aromatic heterocycles. The van der Waals surface area contributed by atoms with Crippen LogP contribution in [0.3, 0.4) is 0 Å². The molecule has 0 aromatic rings. The Hall–Kier alpha value is -1.10. The molecule has 5 heteroatoms. The van der Waals surface area contributed by atoms with Gasteiger partial charge in [0.05, 0.1) is 0 Å². The van der Waals surface area contributed by atoms with Crippen molar-refractivity contribution < 1.29 is 9.59 Å². The Balaban J connectivity index is 2.34. The number of nitrogens with two attached hydrogens (primary N) is 1. The maximum atomic E-state index is 11.7. The van der Waals surface area contributed by atoms with Crippen molar-refractivity contribution in [1.82, 2.24) is 10.6 Å². The van der Waals surface area contributed by atoms with E-state index in [1.165, 1.54) is 0 Å². The molecule has 1 fully saturated rings. The van der Waals surface area contributed by atoms with Crippen molar-refractivity contribution in [2.45, 2.75) is 32.2 Å². The average Bonchev–Trinajstić information content (AvgIpc) is 2.23. The lowest BCUT2D eigenvalue weighted by Crippen LogP contribution is -2.49. The summed E-state index contributed by atoms with van der Waals surface area (Å²) < 4.78 is 0. The summed E-state index contributed by atoms with van der Waals surface area (Å²) in [5, 5.41) is 5.64. The van der Waals surface area contributed by atoms with Crippen LogP contribution in [0.4, 0.5) is 0 Å². The molecule has 2 amide bonds. The molecule has 1 saturated heterocycles. The number of piperidine rings is 1. The van der Waals surface area contributed by atoms with Crippen LogP contribution < -0.4 is 16.4 Å². The fourth-order valence-corrected chi connectivity index (χ4v) is 1.63. The van der Waals surface area contributed by atoms with Crippen molar-refractivity contribution in [2.24, 2.45) is 11.7 Å². The third-order valence-electron chi connectivity index (χ3n) is 2.76. The lowest BCUT2D eigenvalue weighted by molar-refractivity contribution is -0.127. The van der Waals surface area contributed by atoms with Gasteiger partial charge in [0.15, 0.2) is 0 Å². The minimum absolute atomic E-state index is 0.00106. The topological polar surface area (TPSA) is 84.2 Å². The highest BCUT2D eigenvalue weighted by molar-refractivity contribution is 5.80. The Morgan fingerprint density at radius 1 is 1.73 bits per heavy atom. The van der Waals surface area contributed by atoms with Crippen molar-refractivity contribution in [1.29, 1.82) is 0 Å². The molecule has 1 heterocycles. The number of rotatable bonds is 4. The molecule has 1 aliphatic heterocycles. The van der Waals surface area contributed by atoms with Gasteiger partial charge in [-0.3, -0.25) is 9.59 Å². The molecule has 0 radical (unpaired) electrons. The van der Waals surface area contributed by atoms with Gasteiger partial charge in [-0.1, -0.05) is 6.92 Å². The summed E-state index contributed by atoms with van der Waals surface area (Å²) >= 11 is 0. The summed E-state index contributed by atoms with van der Waals surface area (Å²) in [7, 11) is 0. The molecule has 4 N–H and O–H groups in total. The van der Waals surface area contributed by atoms with E-state index in [9.17, 15) is 9.59 Å². The van der Waals surface area contributed by atoms with E-state index in [-0.39, 0.29) is 23.8 Å². The Labute approximate surface area is 89.8 Å². The summed E-state index contributed by atoms with van der Waals surface area (Å²) in [6.07, 6.45) is 1.96. The van der Waals surface area contributed by atoms with Crippen LogP contribution in [-0.2, 0) is 9.59 Å². The minimum Gasteiger partial charge on any atom is -0.354 e. The first-order valence-corrected chi connectivity index (χ1v) is 5.44. The van der Waals surface area contributed by atoms with Crippen LogP contribution in [0, 0.1) is 5.92 Å². The standard InChI is InChI=1S/C10H19N3O2/c1-2-7(5-11)10(15)13-8-3-4-9(14)12-6-8/h7-8H,2-6,11H2,1H3,(H,12,14)(H,13,15). The summed E-state index contributed by atoms with van der Waals surface area (Å²) in [6.45, 7) is 2.85. The number of carbonyl (C=O) groups is 2. The first-order chi connectivity index (χ1) is 7.17. The molecule has 2 atom stereocenters. The molecule has 5 nitrogen and oxygen atoms in total. The van der Waals surface area contributed by atoms with Gasteiger partial charge < -0.3 is 16.4 Å². The summed E-state index contributed by atoms with van der Waals surface area (Å²) in [5.74, 6) is -0.0462. The van der Waals surface area contributed by atoms with Crippen LogP contribution in [0.1, 0.15) is 26.2 Å². The third-order valence-corrected chi connectivity index (χ3v) is 2.76. The summed E-state index contributed by atoms with van der Waals surface area (Å²) in [6, 6.07) is 0.0656. The first kappa shape index (κ1) is 12.0. The van der Waals surface area contributed by atoms with E-state index in [1.807, 2.05) is 6.92 Å². The van der Waals surface area contributed by atoms with Gasteiger partial charge in [-0.2, -0.15) is 0 Å². The van der Waals surface area contributed by atoms with Gasteiger partial charge in [0.25, 0.3) is 0 Å². The Bertz CT molecular complexity index is 229. The van der Waals surface area contributed by atoms with Gasteiger partial charge >= 0.3 is 0 Å².